The summed E-state index contributed by atoms with van der Waals surface area (Å²) in [4.78, 5) is 0. The summed E-state index contributed by atoms with van der Waals surface area (Å²) in [7, 11) is 0. The summed E-state index contributed by atoms with van der Waals surface area (Å²) in [6.07, 6.45) is 2.89. The van der Waals surface area contributed by atoms with Gasteiger partial charge in [0.1, 0.15) is 0 Å². The van der Waals surface area contributed by atoms with Gasteiger partial charge in [0.25, 0.3) is 0 Å². The van der Waals surface area contributed by atoms with E-state index in [1.807, 2.05) is 38.1 Å². The lowest BCUT2D eigenvalue weighted by Crippen LogP contribution is -1.91. The molecule has 0 spiro atoms. The van der Waals surface area contributed by atoms with Gasteiger partial charge in [0.15, 0.2) is 0 Å². The molecule has 0 heterocycles. The minimum absolute atomic E-state index is 0.736. The largest absolute Gasteiger partial charge is 0.398 e. The molecule has 0 unspecified atom stereocenters. The molecule has 0 fully saturated rings. The molecule has 13 heavy (non-hydrogen) atoms. The summed E-state index contributed by atoms with van der Waals surface area (Å²) in [6, 6.07) is 5.87. The van der Waals surface area contributed by atoms with Crippen LogP contribution in [0.5, 0.6) is 0 Å². The Morgan fingerprint density at radius 2 is 2.23 bits per heavy atom. The van der Waals surface area contributed by atoms with Gasteiger partial charge in [0, 0.05) is 16.3 Å². The number of nitrogen functional groups attached to an aromatic ring is 1. The third kappa shape index (κ3) is 2.49. The van der Waals surface area contributed by atoms with Gasteiger partial charge in [-0.2, -0.15) is 0 Å². The Bertz CT molecular complexity index is 329. The zero-order valence-corrected chi connectivity index (χ0v) is 8.73. The quantitative estimate of drug-likeness (QED) is 0.718. The molecule has 0 bridgehead atoms. The topological polar surface area (TPSA) is 26.0 Å². The van der Waals surface area contributed by atoms with Crippen LogP contribution in [-0.2, 0) is 0 Å². The minimum Gasteiger partial charge on any atom is -0.398 e. The van der Waals surface area contributed by atoms with Gasteiger partial charge < -0.3 is 5.73 Å². The van der Waals surface area contributed by atoms with Crippen LogP contribution in [-0.4, -0.2) is 0 Å². The maximum Gasteiger partial charge on any atom is 0.0459 e. The van der Waals surface area contributed by atoms with Gasteiger partial charge >= 0.3 is 0 Å². The van der Waals surface area contributed by atoms with E-state index in [1.54, 1.807) is 0 Å². The lowest BCUT2D eigenvalue weighted by molar-refractivity contribution is 1.23. The molecule has 1 rings (SSSR count). The number of hydrogen-bond acceptors (Lipinski definition) is 1. The van der Waals surface area contributed by atoms with Crippen LogP contribution in [0.15, 0.2) is 24.3 Å². The highest BCUT2D eigenvalue weighted by molar-refractivity contribution is 6.49. The monoisotopic (exact) mass is 195 g/mol. The predicted molar refractivity (Wildman–Crippen MR) is 59.7 cm³/mol. The van der Waals surface area contributed by atoms with Crippen molar-refractivity contribution in [3.8, 4) is 0 Å². The molecular formula is C11H14ClN. The van der Waals surface area contributed by atoms with Crippen LogP contribution in [0.25, 0.3) is 5.03 Å². The van der Waals surface area contributed by atoms with Gasteiger partial charge in [0.05, 0.1) is 0 Å². The third-order valence-electron chi connectivity index (χ3n) is 1.85. The van der Waals surface area contributed by atoms with Crippen molar-refractivity contribution in [1.82, 2.24) is 0 Å². The van der Waals surface area contributed by atoms with Crippen molar-refractivity contribution in [2.24, 2.45) is 0 Å². The highest BCUT2D eigenvalue weighted by Gasteiger charge is 2.02. The van der Waals surface area contributed by atoms with Gasteiger partial charge in [-0.25, -0.2) is 0 Å². The fourth-order valence-electron chi connectivity index (χ4n) is 1.17. The Hall–Kier alpha value is -0.950. The Balaban J connectivity index is 3.13. The second-order valence-electron chi connectivity index (χ2n) is 3.05. The molecule has 0 aliphatic rings. The van der Waals surface area contributed by atoms with E-state index >= 15 is 0 Å². The second kappa shape index (κ2) is 4.33. The van der Waals surface area contributed by atoms with E-state index in [9.17, 15) is 0 Å². The SMILES string of the molecule is CC/C=C(/Cl)c1cc(C)ccc1N. The fourth-order valence-corrected chi connectivity index (χ4v) is 1.48. The van der Waals surface area contributed by atoms with E-state index in [0.717, 1.165) is 22.7 Å². The first kappa shape index (κ1) is 10.1. The molecule has 70 valence electrons. The molecule has 2 heteroatoms. The first-order chi connectivity index (χ1) is 6.15. The van der Waals surface area contributed by atoms with Crippen LogP contribution in [0.3, 0.4) is 0 Å². The van der Waals surface area contributed by atoms with Gasteiger partial charge in [-0.05, 0) is 25.5 Å². The first-order valence-corrected chi connectivity index (χ1v) is 4.75. The number of rotatable bonds is 2. The molecular weight excluding hydrogens is 182 g/mol. The van der Waals surface area contributed by atoms with Crippen molar-refractivity contribution < 1.29 is 0 Å². The smallest absolute Gasteiger partial charge is 0.0459 e. The van der Waals surface area contributed by atoms with Gasteiger partial charge in [-0.1, -0.05) is 36.2 Å². The molecule has 0 aliphatic heterocycles. The van der Waals surface area contributed by atoms with Crippen LogP contribution >= 0.6 is 11.6 Å². The van der Waals surface area contributed by atoms with Crippen molar-refractivity contribution in [2.45, 2.75) is 20.3 Å². The van der Waals surface area contributed by atoms with Crippen LogP contribution < -0.4 is 5.73 Å². The lowest BCUT2D eigenvalue weighted by atomic mass is 10.1. The van der Waals surface area contributed by atoms with E-state index in [4.69, 9.17) is 17.3 Å². The number of nitrogens with two attached hydrogens (primary N) is 1. The summed E-state index contributed by atoms with van der Waals surface area (Å²) < 4.78 is 0. The summed E-state index contributed by atoms with van der Waals surface area (Å²) in [6.45, 7) is 4.08. The van der Waals surface area contributed by atoms with Crippen molar-refractivity contribution in [3.05, 3.63) is 35.4 Å². The molecule has 2 N–H and O–H groups in total. The highest BCUT2D eigenvalue weighted by Crippen LogP contribution is 2.26. The molecule has 0 saturated heterocycles. The molecule has 1 nitrogen and oxygen atoms in total. The van der Waals surface area contributed by atoms with Crippen molar-refractivity contribution in [2.75, 3.05) is 5.73 Å². The molecule has 0 atom stereocenters. The standard InChI is InChI=1S/C11H14ClN/c1-3-4-10(12)9-7-8(2)5-6-11(9)13/h4-7H,3,13H2,1-2H3/b10-4+. The van der Waals surface area contributed by atoms with E-state index in [2.05, 4.69) is 0 Å². The zero-order chi connectivity index (χ0) is 9.84. The van der Waals surface area contributed by atoms with Crippen molar-refractivity contribution in [3.63, 3.8) is 0 Å². The lowest BCUT2D eigenvalue weighted by Gasteiger charge is -2.05. The van der Waals surface area contributed by atoms with Gasteiger partial charge in [0.2, 0.25) is 0 Å². The minimum atomic E-state index is 0.736. The summed E-state index contributed by atoms with van der Waals surface area (Å²) in [5.41, 5.74) is 8.64. The zero-order valence-electron chi connectivity index (χ0n) is 7.97. The average molecular weight is 196 g/mol. The number of aryl methyl sites for hydroxylation is 1. The molecule has 1 aromatic rings. The van der Waals surface area contributed by atoms with Crippen LogP contribution in [0.1, 0.15) is 24.5 Å². The van der Waals surface area contributed by atoms with Gasteiger partial charge in [-0.15, -0.1) is 0 Å². The van der Waals surface area contributed by atoms with E-state index in [1.165, 1.54) is 5.56 Å². The summed E-state index contributed by atoms with van der Waals surface area (Å²) in [5.74, 6) is 0. The van der Waals surface area contributed by atoms with Crippen LogP contribution in [0.4, 0.5) is 5.69 Å². The number of halogens is 1. The maximum atomic E-state index is 6.06. The van der Waals surface area contributed by atoms with Gasteiger partial charge in [-0.3, -0.25) is 0 Å². The molecule has 0 aliphatic carbocycles. The molecule has 0 saturated carbocycles. The van der Waals surface area contributed by atoms with Crippen LogP contribution in [0, 0.1) is 6.92 Å². The summed E-state index contributed by atoms with van der Waals surface area (Å²) >= 11 is 6.06. The molecule has 0 amide bonds. The molecule has 0 aromatic heterocycles. The molecule has 1 aromatic carbocycles. The fraction of sp³-hybridized carbons (Fsp3) is 0.273. The Labute approximate surface area is 84.2 Å². The van der Waals surface area contributed by atoms with Crippen molar-refractivity contribution >= 4 is 22.3 Å². The van der Waals surface area contributed by atoms with E-state index in [-0.39, 0.29) is 0 Å². The predicted octanol–water partition coefficient (Wildman–Crippen LogP) is 3.57. The van der Waals surface area contributed by atoms with E-state index in [0.29, 0.717) is 0 Å². The second-order valence-corrected chi connectivity index (χ2v) is 3.46. The normalized spacial score (nSPS) is 11.8. The number of allylic oxidation sites excluding steroid dienone is 1. The number of anilines is 1. The molecule has 0 radical (unpaired) electrons. The highest BCUT2D eigenvalue weighted by atomic mass is 35.5. The Kier molecular flexibility index (Phi) is 3.38. The maximum absolute atomic E-state index is 6.06. The number of hydrogen-bond donors (Lipinski definition) is 1. The summed E-state index contributed by atoms with van der Waals surface area (Å²) in [5, 5.41) is 0.740. The van der Waals surface area contributed by atoms with Crippen LogP contribution in [0.2, 0.25) is 0 Å². The third-order valence-corrected chi connectivity index (χ3v) is 2.21. The Morgan fingerprint density at radius 3 is 2.85 bits per heavy atom. The van der Waals surface area contributed by atoms with E-state index < -0.39 is 0 Å². The average Bonchev–Trinajstić information content (AvgIpc) is 2.09. The van der Waals surface area contributed by atoms with Crippen molar-refractivity contribution in [1.29, 1.82) is 0 Å². The first-order valence-electron chi connectivity index (χ1n) is 4.37. The number of benzene rings is 1. The Morgan fingerprint density at radius 1 is 1.54 bits per heavy atom.